The first-order chi connectivity index (χ1) is 15.2. The topological polar surface area (TPSA) is 65.1 Å². The number of halogens is 2. The molecule has 0 saturated heterocycles. The van der Waals surface area contributed by atoms with Crippen LogP contribution in [0.15, 0.2) is 40.3 Å². The van der Waals surface area contributed by atoms with E-state index in [4.69, 9.17) is 32.6 Å². The van der Waals surface area contributed by atoms with Crippen molar-refractivity contribution in [3.63, 3.8) is 0 Å². The number of furan rings is 1. The SMILES string of the molecule is Cc1cc(C)c(-c2nc3oc(C=C4C(=O)c5cc(Cl)c(Cl)cc5C4=O)cc3n2C)c(C)c1. The standard InChI is InChI=1S/C25H18Cl2N2O3/c1-11-5-12(2)21(13(3)6-11)24-28-25-20(29(24)4)8-14(32-25)7-17-22(30)15-9-18(26)19(27)10-16(15)23(17)31/h5-10H,1-4H3. The van der Waals surface area contributed by atoms with Crippen LogP contribution in [0.25, 0.3) is 28.7 Å². The van der Waals surface area contributed by atoms with Crippen molar-refractivity contribution in [3.05, 3.63) is 79.5 Å². The maximum Gasteiger partial charge on any atom is 0.245 e. The Morgan fingerprint density at radius 1 is 0.906 bits per heavy atom. The Hall–Kier alpha value is -3.15. The molecule has 0 N–H and O–H groups in total. The maximum absolute atomic E-state index is 12.8. The van der Waals surface area contributed by atoms with Gasteiger partial charge in [0.05, 0.1) is 15.6 Å². The molecular formula is C25H18Cl2N2O3. The molecule has 160 valence electrons. The van der Waals surface area contributed by atoms with Gasteiger partial charge in [0.2, 0.25) is 5.71 Å². The van der Waals surface area contributed by atoms with E-state index in [1.807, 2.05) is 11.6 Å². The van der Waals surface area contributed by atoms with Gasteiger partial charge in [0.25, 0.3) is 0 Å². The number of carbonyl (C=O) groups excluding carboxylic acids is 2. The number of aryl methyl sites for hydroxylation is 4. The van der Waals surface area contributed by atoms with Crippen molar-refractivity contribution in [3.8, 4) is 11.4 Å². The molecule has 0 atom stereocenters. The van der Waals surface area contributed by atoms with Crippen molar-refractivity contribution in [1.29, 1.82) is 0 Å². The molecule has 1 aliphatic rings. The molecular weight excluding hydrogens is 447 g/mol. The minimum atomic E-state index is -0.399. The summed E-state index contributed by atoms with van der Waals surface area (Å²) in [6, 6.07) is 8.89. The van der Waals surface area contributed by atoms with E-state index in [-0.39, 0.29) is 26.7 Å². The molecule has 5 rings (SSSR count). The van der Waals surface area contributed by atoms with Crippen molar-refractivity contribution in [1.82, 2.24) is 9.55 Å². The molecule has 7 heteroatoms. The van der Waals surface area contributed by atoms with Gasteiger partial charge in [0.15, 0.2) is 11.6 Å². The van der Waals surface area contributed by atoms with Crippen LogP contribution in [-0.2, 0) is 7.05 Å². The molecule has 0 aliphatic heterocycles. The van der Waals surface area contributed by atoms with Gasteiger partial charge in [-0.05, 0) is 50.1 Å². The normalized spacial score (nSPS) is 13.4. The lowest BCUT2D eigenvalue weighted by Crippen LogP contribution is -2.00. The summed E-state index contributed by atoms with van der Waals surface area (Å²) in [5, 5.41) is 0.463. The largest absolute Gasteiger partial charge is 0.437 e. The Labute approximate surface area is 194 Å². The maximum atomic E-state index is 12.8. The van der Waals surface area contributed by atoms with Crippen LogP contribution in [0.4, 0.5) is 0 Å². The molecule has 0 bridgehead atoms. The zero-order valence-electron chi connectivity index (χ0n) is 17.8. The molecule has 0 fully saturated rings. The first kappa shape index (κ1) is 20.7. The molecule has 2 heterocycles. The van der Waals surface area contributed by atoms with Crippen LogP contribution in [0.2, 0.25) is 10.0 Å². The number of carbonyl (C=O) groups is 2. The highest BCUT2D eigenvalue weighted by molar-refractivity contribution is 6.46. The minimum absolute atomic E-state index is 0.0165. The predicted octanol–water partition coefficient (Wildman–Crippen LogP) is 6.53. The van der Waals surface area contributed by atoms with E-state index < -0.39 is 11.6 Å². The van der Waals surface area contributed by atoms with Gasteiger partial charge in [-0.15, -0.1) is 0 Å². The van der Waals surface area contributed by atoms with E-state index in [2.05, 4.69) is 32.9 Å². The van der Waals surface area contributed by atoms with Crippen LogP contribution in [0.5, 0.6) is 0 Å². The molecule has 0 amide bonds. The average Bonchev–Trinajstić information content (AvgIpc) is 3.31. The number of hydrogen-bond donors (Lipinski definition) is 0. The van der Waals surface area contributed by atoms with E-state index in [1.54, 1.807) is 6.07 Å². The quantitative estimate of drug-likeness (QED) is 0.250. The molecule has 0 spiro atoms. The zero-order valence-corrected chi connectivity index (χ0v) is 19.4. The van der Waals surface area contributed by atoms with Crippen molar-refractivity contribution >= 4 is 52.1 Å². The van der Waals surface area contributed by atoms with Crippen LogP contribution in [0, 0.1) is 20.8 Å². The van der Waals surface area contributed by atoms with Crippen molar-refractivity contribution < 1.29 is 14.0 Å². The van der Waals surface area contributed by atoms with E-state index in [1.165, 1.54) is 23.8 Å². The minimum Gasteiger partial charge on any atom is -0.437 e. The fourth-order valence-electron chi connectivity index (χ4n) is 4.41. The third-order valence-corrected chi connectivity index (χ3v) is 6.55. The van der Waals surface area contributed by atoms with E-state index in [9.17, 15) is 9.59 Å². The first-order valence-electron chi connectivity index (χ1n) is 10.0. The highest BCUT2D eigenvalue weighted by Gasteiger charge is 2.34. The van der Waals surface area contributed by atoms with Crippen LogP contribution in [0.3, 0.4) is 0 Å². The summed E-state index contributed by atoms with van der Waals surface area (Å²) in [6.45, 7) is 6.20. The van der Waals surface area contributed by atoms with Gasteiger partial charge in [0, 0.05) is 29.8 Å². The molecule has 5 nitrogen and oxygen atoms in total. The Morgan fingerprint density at radius 2 is 1.47 bits per heavy atom. The number of fused-ring (bicyclic) bond motifs is 2. The fourth-order valence-corrected chi connectivity index (χ4v) is 4.74. The highest BCUT2D eigenvalue weighted by atomic mass is 35.5. The Morgan fingerprint density at radius 3 is 2.00 bits per heavy atom. The number of allylic oxidation sites excluding steroid dienone is 1. The number of Topliss-reactive ketones (excluding diaryl/α,β-unsaturated/α-hetero) is 2. The van der Waals surface area contributed by atoms with Gasteiger partial charge >= 0.3 is 0 Å². The summed E-state index contributed by atoms with van der Waals surface area (Å²) < 4.78 is 7.85. The van der Waals surface area contributed by atoms with Crippen LogP contribution in [-0.4, -0.2) is 21.1 Å². The second-order valence-electron chi connectivity index (χ2n) is 8.14. The number of ketones is 2. The third kappa shape index (κ3) is 3.04. The third-order valence-electron chi connectivity index (χ3n) is 5.83. The predicted molar refractivity (Wildman–Crippen MR) is 126 cm³/mol. The number of benzene rings is 2. The van der Waals surface area contributed by atoms with Crippen LogP contribution in [0.1, 0.15) is 43.2 Å². The van der Waals surface area contributed by atoms with Crippen molar-refractivity contribution in [2.24, 2.45) is 7.05 Å². The van der Waals surface area contributed by atoms with Gasteiger partial charge < -0.3 is 8.98 Å². The van der Waals surface area contributed by atoms with Crippen molar-refractivity contribution in [2.75, 3.05) is 0 Å². The lowest BCUT2D eigenvalue weighted by molar-refractivity contribution is 0.0990. The Kier molecular flexibility index (Phi) is 4.66. The highest BCUT2D eigenvalue weighted by Crippen LogP contribution is 2.36. The monoisotopic (exact) mass is 464 g/mol. The number of rotatable bonds is 2. The molecule has 4 aromatic rings. The molecule has 32 heavy (non-hydrogen) atoms. The summed E-state index contributed by atoms with van der Waals surface area (Å²) in [5.74, 6) is 0.383. The van der Waals surface area contributed by atoms with Crippen molar-refractivity contribution in [2.45, 2.75) is 20.8 Å². The van der Waals surface area contributed by atoms with E-state index >= 15 is 0 Å². The van der Waals surface area contributed by atoms with Gasteiger partial charge in [0.1, 0.15) is 17.1 Å². The zero-order chi connectivity index (χ0) is 22.9. The second-order valence-corrected chi connectivity index (χ2v) is 8.95. The lowest BCUT2D eigenvalue weighted by Gasteiger charge is -2.11. The first-order valence-corrected chi connectivity index (χ1v) is 10.8. The molecule has 0 unspecified atom stereocenters. The Balaban J connectivity index is 1.57. The van der Waals surface area contributed by atoms with Crippen LogP contribution < -0.4 is 0 Å². The summed E-state index contributed by atoms with van der Waals surface area (Å²) in [4.78, 5) is 30.3. The fraction of sp³-hybridized carbons (Fsp3) is 0.160. The molecule has 0 saturated carbocycles. The summed E-state index contributed by atoms with van der Waals surface area (Å²) in [5.41, 5.74) is 6.26. The second kappa shape index (κ2) is 7.19. The summed E-state index contributed by atoms with van der Waals surface area (Å²) in [6.07, 6.45) is 1.45. The van der Waals surface area contributed by atoms with Gasteiger partial charge in [-0.3, -0.25) is 9.59 Å². The van der Waals surface area contributed by atoms with Gasteiger partial charge in [-0.2, -0.15) is 4.98 Å². The average molecular weight is 465 g/mol. The molecule has 2 aromatic heterocycles. The smallest absolute Gasteiger partial charge is 0.245 e. The van der Waals surface area contributed by atoms with Gasteiger partial charge in [-0.1, -0.05) is 40.9 Å². The molecule has 2 aromatic carbocycles. The Bertz CT molecular complexity index is 1460. The van der Waals surface area contributed by atoms with E-state index in [0.29, 0.717) is 11.5 Å². The molecule has 1 aliphatic carbocycles. The lowest BCUT2D eigenvalue weighted by atomic mass is 9.99. The number of hydrogen-bond acceptors (Lipinski definition) is 4. The number of aromatic nitrogens is 2. The van der Waals surface area contributed by atoms with Crippen LogP contribution >= 0.6 is 23.2 Å². The number of nitrogens with zero attached hydrogens (tertiary/aromatic N) is 2. The number of imidazole rings is 1. The van der Waals surface area contributed by atoms with Gasteiger partial charge in [-0.25, -0.2) is 0 Å². The van der Waals surface area contributed by atoms with E-state index in [0.717, 1.165) is 28.0 Å². The summed E-state index contributed by atoms with van der Waals surface area (Å²) in [7, 11) is 1.92. The molecule has 0 radical (unpaired) electrons. The summed E-state index contributed by atoms with van der Waals surface area (Å²) >= 11 is 12.0.